The van der Waals surface area contributed by atoms with E-state index in [2.05, 4.69) is 191 Å². The third kappa shape index (κ3) is 4.51. The second-order valence-electron chi connectivity index (χ2n) is 15.4. The maximum absolute atomic E-state index is 5.44. The van der Waals surface area contributed by atoms with Gasteiger partial charge in [-0.05, 0) is 110 Å². The van der Waals surface area contributed by atoms with E-state index in [-0.39, 0.29) is 0 Å². The molecule has 4 nitrogen and oxygen atoms in total. The Labute approximate surface area is 332 Å². The molecule has 0 aliphatic heterocycles. The van der Waals surface area contributed by atoms with Crippen LogP contribution in [0.5, 0.6) is 0 Å². The van der Waals surface area contributed by atoms with Crippen LogP contribution in [0.3, 0.4) is 0 Å². The molecule has 0 radical (unpaired) electrons. The van der Waals surface area contributed by atoms with Gasteiger partial charge in [0.1, 0.15) is 5.69 Å². The van der Waals surface area contributed by atoms with Crippen LogP contribution in [0.25, 0.3) is 120 Å². The zero-order valence-corrected chi connectivity index (χ0v) is 31.3. The number of hydrogen-bond acceptors (Lipinski definition) is 2. The molecule has 13 rings (SSSR count). The highest BCUT2D eigenvalue weighted by Gasteiger charge is 2.21. The summed E-state index contributed by atoms with van der Waals surface area (Å²) in [5.41, 5.74) is 9.37. The Morgan fingerprint density at radius 3 is 1.57 bits per heavy atom. The van der Waals surface area contributed by atoms with Crippen LogP contribution in [-0.4, -0.2) is 19.1 Å². The average Bonchev–Trinajstić information content (AvgIpc) is 3.78. The summed E-state index contributed by atoms with van der Waals surface area (Å²) >= 11 is 0. The Hall–Kier alpha value is -7.82. The van der Waals surface area contributed by atoms with E-state index in [4.69, 9.17) is 9.97 Å². The number of fused-ring (bicyclic) bond motifs is 12. The van der Waals surface area contributed by atoms with Gasteiger partial charge >= 0.3 is 0 Å². The zero-order chi connectivity index (χ0) is 37.9. The van der Waals surface area contributed by atoms with Crippen LogP contribution in [0.1, 0.15) is 0 Å². The molecule has 0 saturated heterocycles. The SMILES string of the molecule is c1ccc2cc3c(cc2c1)c1ccccc1n3-c1ccc2cc3c(cc2c1)c1ccccc1n3-c1nc2ccccc2nc1-c1ccc2ccc3ccccc3c2c1. The maximum atomic E-state index is 5.44. The molecule has 0 N–H and O–H groups in total. The quantitative estimate of drug-likeness (QED) is 0.169. The normalized spacial score (nSPS) is 12.1. The molecular weight excluding hydrogens is 705 g/mol. The predicted octanol–water partition coefficient (Wildman–Crippen LogP) is 14.1. The van der Waals surface area contributed by atoms with Crippen molar-refractivity contribution in [2.24, 2.45) is 0 Å². The van der Waals surface area contributed by atoms with Crippen molar-refractivity contribution in [1.82, 2.24) is 19.1 Å². The fourth-order valence-electron chi connectivity index (χ4n) is 9.49. The van der Waals surface area contributed by atoms with Crippen molar-refractivity contribution in [3.05, 3.63) is 194 Å². The fraction of sp³-hybridized carbons (Fsp3) is 0. The Bertz CT molecular complexity index is 3870. The second kappa shape index (κ2) is 11.8. The Kier molecular flexibility index (Phi) is 6.41. The summed E-state index contributed by atoms with van der Waals surface area (Å²) in [6.07, 6.45) is 0. The van der Waals surface area contributed by atoms with Gasteiger partial charge in [-0.3, -0.25) is 4.57 Å². The van der Waals surface area contributed by atoms with Crippen molar-refractivity contribution in [3.8, 4) is 22.8 Å². The monoisotopic (exact) mass is 736 g/mol. The van der Waals surface area contributed by atoms with Gasteiger partial charge in [0.2, 0.25) is 0 Å². The molecule has 0 aliphatic carbocycles. The molecule has 4 heteroatoms. The predicted molar refractivity (Wildman–Crippen MR) is 244 cm³/mol. The minimum atomic E-state index is 0.818. The molecule has 0 fully saturated rings. The van der Waals surface area contributed by atoms with Crippen molar-refractivity contribution < 1.29 is 0 Å². The lowest BCUT2D eigenvalue weighted by molar-refractivity contribution is 1.08. The van der Waals surface area contributed by atoms with E-state index in [1.165, 1.54) is 75.7 Å². The Morgan fingerprint density at radius 1 is 0.293 bits per heavy atom. The summed E-state index contributed by atoms with van der Waals surface area (Å²) < 4.78 is 4.76. The van der Waals surface area contributed by atoms with Gasteiger partial charge in [-0.1, -0.05) is 127 Å². The number of nitrogens with zero attached hydrogens (tertiary/aromatic N) is 4. The molecule has 0 atom stereocenters. The highest BCUT2D eigenvalue weighted by Crippen LogP contribution is 2.40. The topological polar surface area (TPSA) is 35.6 Å². The zero-order valence-electron chi connectivity index (χ0n) is 31.3. The van der Waals surface area contributed by atoms with E-state index in [1.54, 1.807) is 0 Å². The molecule has 13 aromatic rings. The minimum Gasteiger partial charge on any atom is -0.309 e. The first-order chi connectivity index (χ1) is 28.7. The van der Waals surface area contributed by atoms with E-state index in [1.807, 2.05) is 12.1 Å². The average molecular weight is 737 g/mol. The lowest BCUT2D eigenvalue weighted by Gasteiger charge is -2.15. The van der Waals surface area contributed by atoms with E-state index in [0.717, 1.165) is 44.8 Å². The van der Waals surface area contributed by atoms with Crippen LogP contribution >= 0.6 is 0 Å². The summed E-state index contributed by atoms with van der Waals surface area (Å²) in [5, 5.41) is 14.6. The fourth-order valence-corrected chi connectivity index (χ4v) is 9.49. The van der Waals surface area contributed by atoms with E-state index < -0.39 is 0 Å². The molecule has 58 heavy (non-hydrogen) atoms. The molecule has 0 amide bonds. The molecule has 3 heterocycles. The van der Waals surface area contributed by atoms with Gasteiger partial charge in [-0.15, -0.1) is 0 Å². The minimum absolute atomic E-state index is 0.818. The second-order valence-corrected chi connectivity index (χ2v) is 15.4. The third-order valence-corrected chi connectivity index (χ3v) is 12.2. The largest absolute Gasteiger partial charge is 0.309 e. The van der Waals surface area contributed by atoms with Crippen LogP contribution in [0, 0.1) is 0 Å². The van der Waals surface area contributed by atoms with Crippen LogP contribution in [0.15, 0.2) is 194 Å². The summed E-state index contributed by atoms with van der Waals surface area (Å²) in [7, 11) is 0. The Balaban J connectivity index is 1.07. The number of para-hydroxylation sites is 4. The smallest absolute Gasteiger partial charge is 0.165 e. The van der Waals surface area contributed by atoms with Crippen molar-refractivity contribution in [2.45, 2.75) is 0 Å². The van der Waals surface area contributed by atoms with Crippen molar-refractivity contribution >= 4 is 97.7 Å². The van der Waals surface area contributed by atoms with Gasteiger partial charge in [0, 0.05) is 32.8 Å². The summed E-state index contributed by atoms with van der Waals surface area (Å²) in [6.45, 7) is 0. The number of hydrogen-bond donors (Lipinski definition) is 0. The first-order valence-electron chi connectivity index (χ1n) is 19.8. The molecule has 268 valence electrons. The van der Waals surface area contributed by atoms with Crippen LogP contribution in [-0.2, 0) is 0 Å². The van der Waals surface area contributed by atoms with Gasteiger partial charge in [0.25, 0.3) is 0 Å². The maximum Gasteiger partial charge on any atom is 0.165 e. The first-order valence-corrected chi connectivity index (χ1v) is 19.8. The number of benzene rings is 10. The van der Waals surface area contributed by atoms with Crippen molar-refractivity contribution in [1.29, 1.82) is 0 Å². The van der Waals surface area contributed by atoms with Crippen LogP contribution < -0.4 is 0 Å². The molecule has 0 saturated carbocycles. The van der Waals surface area contributed by atoms with Gasteiger partial charge in [0.15, 0.2) is 5.82 Å². The number of aromatic nitrogens is 4. The summed E-state index contributed by atoms with van der Waals surface area (Å²) in [6, 6.07) is 70.3. The van der Waals surface area contributed by atoms with Crippen molar-refractivity contribution in [2.75, 3.05) is 0 Å². The first kappa shape index (κ1) is 31.4. The van der Waals surface area contributed by atoms with Gasteiger partial charge < -0.3 is 4.57 Å². The van der Waals surface area contributed by atoms with Crippen LogP contribution in [0.2, 0.25) is 0 Å². The molecular formula is C54H32N4. The van der Waals surface area contributed by atoms with Gasteiger partial charge in [-0.25, -0.2) is 9.97 Å². The highest BCUT2D eigenvalue weighted by molar-refractivity contribution is 6.16. The van der Waals surface area contributed by atoms with Gasteiger partial charge in [-0.2, -0.15) is 0 Å². The number of rotatable bonds is 3. The molecule has 3 aromatic heterocycles. The van der Waals surface area contributed by atoms with E-state index >= 15 is 0 Å². The van der Waals surface area contributed by atoms with Crippen molar-refractivity contribution in [3.63, 3.8) is 0 Å². The summed E-state index contributed by atoms with van der Waals surface area (Å²) in [4.78, 5) is 10.8. The molecule has 0 bridgehead atoms. The molecule has 0 spiro atoms. The van der Waals surface area contributed by atoms with E-state index in [9.17, 15) is 0 Å². The lowest BCUT2D eigenvalue weighted by Crippen LogP contribution is -2.03. The van der Waals surface area contributed by atoms with Gasteiger partial charge in [0.05, 0.1) is 33.1 Å². The summed E-state index contributed by atoms with van der Waals surface area (Å²) in [5.74, 6) is 0.818. The molecule has 0 unspecified atom stereocenters. The third-order valence-electron chi connectivity index (χ3n) is 12.2. The Morgan fingerprint density at radius 2 is 0.810 bits per heavy atom. The van der Waals surface area contributed by atoms with Crippen LogP contribution in [0.4, 0.5) is 0 Å². The molecule has 10 aromatic carbocycles. The van der Waals surface area contributed by atoms with E-state index in [0.29, 0.717) is 0 Å². The lowest BCUT2D eigenvalue weighted by atomic mass is 9.99. The molecule has 0 aliphatic rings. The highest BCUT2D eigenvalue weighted by atomic mass is 15.1. The standard InChI is InChI=1S/C54H32N4/c1-2-13-36-31-51-45(28-35(36)12-1)42-15-5-9-19-49(42)57(51)40-26-25-37-32-52-46(30-39(37)27-40)43-16-6-10-20-50(43)58(52)54-53(55-47-17-7-8-18-48(47)56-54)38-24-23-34-22-21-33-11-3-4-14-41(33)44(34)29-38/h1-32H.